The summed E-state index contributed by atoms with van der Waals surface area (Å²) >= 11 is 5.99. The van der Waals surface area contributed by atoms with Crippen molar-refractivity contribution in [2.45, 2.75) is 6.61 Å². The molecule has 0 saturated heterocycles. The maximum atomic E-state index is 13.7. The Balaban J connectivity index is 1.76. The number of hydrogen-bond acceptors (Lipinski definition) is 4. The van der Waals surface area contributed by atoms with Crippen molar-refractivity contribution in [1.82, 2.24) is 0 Å². The summed E-state index contributed by atoms with van der Waals surface area (Å²) < 4.78 is 24.9. The summed E-state index contributed by atoms with van der Waals surface area (Å²) in [5.41, 5.74) is 1.26. The molecule has 1 amide bonds. The fourth-order valence-electron chi connectivity index (χ4n) is 2.75. The Kier molecular flexibility index (Phi) is 7.26. The molecule has 0 radical (unpaired) electrons. The predicted octanol–water partition coefficient (Wildman–Crippen LogP) is 5.61. The van der Waals surface area contributed by atoms with Gasteiger partial charge in [0.15, 0.2) is 11.5 Å². The van der Waals surface area contributed by atoms with Crippen molar-refractivity contribution >= 4 is 29.3 Å². The Labute approximate surface area is 184 Å². The van der Waals surface area contributed by atoms with E-state index in [4.69, 9.17) is 21.1 Å². The van der Waals surface area contributed by atoms with Gasteiger partial charge in [0, 0.05) is 5.02 Å². The molecule has 0 heterocycles. The second kappa shape index (κ2) is 10.3. The first-order chi connectivity index (χ1) is 15.0. The Morgan fingerprint density at radius 1 is 1.13 bits per heavy atom. The molecule has 7 heteroatoms. The zero-order valence-electron chi connectivity index (χ0n) is 16.6. The monoisotopic (exact) mass is 436 g/mol. The fourth-order valence-corrected chi connectivity index (χ4v) is 2.96. The molecule has 0 aliphatic rings. The van der Waals surface area contributed by atoms with E-state index in [2.05, 4.69) is 5.32 Å². The minimum atomic E-state index is -0.715. The van der Waals surface area contributed by atoms with Crippen molar-refractivity contribution < 1.29 is 18.7 Å². The molecule has 0 aliphatic carbocycles. The van der Waals surface area contributed by atoms with Crippen LogP contribution < -0.4 is 14.8 Å². The predicted molar refractivity (Wildman–Crippen MR) is 117 cm³/mol. The first-order valence-corrected chi connectivity index (χ1v) is 9.61. The van der Waals surface area contributed by atoms with Crippen molar-refractivity contribution in [3.05, 3.63) is 94.3 Å². The molecular weight excluding hydrogens is 419 g/mol. The number of nitriles is 1. The Morgan fingerprint density at radius 2 is 1.94 bits per heavy atom. The molecule has 0 atom stereocenters. The molecule has 1 N–H and O–H groups in total. The highest BCUT2D eigenvalue weighted by atomic mass is 35.5. The summed E-state index contributed by atoms with van der Waals surface area (Å²) in [5.74, 6) is -0.375. The van der Waals surface area contributed by atoms with E-state index in [1.807, 2.05) is 18.2 Å². The number of methoxy groups -OCH3 is 1. The fraction of sp³-hybridized carbons (Fsp3) is 0.0833. The standard InChI is InChI=1S/C24H18ClFN2O3/c1-30-23-13-16(9-10-22(23)31-15-17-5-4-6-19(25)12-17)11-18(14-27)24(29)28-21-8-3-2-7-20(21)26/h2-13H,15H2,1H3,(H,28,29)/b18-11+. The van der Waals surface area contributed by atoms with E-state index in [9.17, 15) is 14.4 Å². The highest BCUT2D eigenvalue weighted by Gasteiger charge is 2.13. The van der Waals surface area contributed by atoms with Crippen LogP contribution in [-0.4, -0.2) is 13.0 Å². The van der Waals surface area contributed by atoms with E-state index in [1.54, 1.807) is 36.4 Å². The van der Waals surface area contributed by atoms with Gasteiger partial charge in [0.2, 0.25) is 0 Å². The lowest BCUT2D eigenvalue weighted by Gasteiger charge is -2.12. The van der Waals surface area contributed by atoms with E-state index in [-0.39, 0.29) is 11.3 Å². The number of carbonyl (C=O) groups excluding carboxylic acids is 1. The van der Waals surface area contributed by atoms with Gasteiger partial charge in [0.25, 0.3) is 5.91 Å². The maximum Gasteiger partial charge on any atom is 0.266 e. The zero-order valence-corrected chi connectivity index (χ0v) is 17.3. The summed E-state index contributed by atoms with van der Waals surface area (Å²) in [6, 6.07) is 19.9. The molecule has 3 aromatic rings. The van der Waals surface area contributed by atoms with Crippen LogP contribution in [0.15, 0.2) is 72.3 Å². The number of amides is 1. The van der Waals surface area contributed by atoms with E-state index < -0.39 is 11.7 Å². The van der Waals surface area contributed by atoms with E-state index in [1.165, 1.54) is 31.4 Å². The third-order valence-corrected chi connectivity index (χ3v) is 4.50. The molecule has 3 aromatic carbocycles. The molecule has 156 valence electrons. The van der Waals surface area contributed by atoms with Gasteiger partial charge in [0.05, 0.1) is 12.8 Å². The molecule has 31 heavy (non-hydrogen) atoms. The van der Waals surface area contributed by atoms with Crippen LogP contribution in [0.2, 0.25) is 5.02 Å². The smallest absolute Gasteiger partial charge is 0.266 e. The number of carbonyl (C=O) groups is 1. The van der Waals surface area contributed by atoms with Gasteiger partial charge in [-0.3, -0.25) is 4.79 Å². The average molecular weight is 437 g/mol. The van der Waals surface area contributed by atoms with E-state index in [0.717, 1.165) is 5.56 Å². The molecule has 0 bridgehead atoms. The highest BCUT2D eigenvalue weighted by Crippen LogP contribution is 2.30. The normalized spacial score (nSPS) is 10.8. The number of rotatable bonds is 7. The van der Waals surface area contributed by atoms with Crippen molar-refractivity contribution in [2.24, 2.45) is 0 Å². The van der Waals surface area contributed by atoms with Gasteiger partial charge in [-0.05, 0) is 53.6 Å². The lowest BCUT2D eigenvalue weighted by Crippen LogP contribution is -2.14. The molecule has 3 rings (SSSR count). The van der Waals surface area contributed by atoms with Crippen molar-refractivity contribution in [3.63, 3.8) is 0 Å². The van der Waals surface area contributed by atoms with Crippen LogP contribution in [0, 0.1) is 17.1 Å². The van der Waals surface area contributed by atoms with Gasteiger partial charge in [0.1, 0.15) is 24.1 Å². The van der Waals surface area contributed by atoms with Gasteiger partial charge in [-0.2, -0.15) is 5.26 Å². The van der Waals surface area contributed by atoms with Gasteiger partial charge in [-0.25, -0.2) is 4.39 Å². The van der Waals surface area contributed by atoms with Crippen molar-refractivity contribution in [3.8, 4) is 17.6 Å². The summed E-state index contributed by atoms with van der Waals surface area (Å²) in [6.07, 6.45) is 1.39. The summed E-state index contributed by atoms with van der Waals surface area (Å²) in [5, 5.41) is 12.4. The third-order valence-electron chi connectivity index (χ3n) is 4.27. The average Bonchev–Trinajstić information content (AvgIpc) is 2.77. The quantitative estimate of drug-likeness (QED) is 0.386. The summed E-state index contributed by atoms with van der Waals surface area (Å²) in [6.45, 7) is 0.292. The molecule has 5 nitrogen and oxygen atoms in total. The molecule has 0 spiro atoms. The van der Waals surface area contributed by atoms with E-state index >= 15 is 0 Å². The molecule has 0 unspecified atom stereocenters. The highest BCUT2D eigenvalue weighted by molar-refractivity contribution is 6.30. The number of para-hydroxylation sites is 1. The third kappa shape index (κ3) is 5.84. The van der Waals surface area contributed by atoms with Gasteiger partial charge < -0.3 is 14.8 Å². The van der Waals surface area contributed by atoms with Crippen molar-refractivity contribution in [1.29, 1.82) is 5.26 Å². The number of halogens is 2. The first kappa shape index (κ1) is 21.9. The number of ether oxygens (including phenoxy) is 2. The zero-order chi connectivity index (χ0) is 22.2. The number of anilines is 1. The molecule has 0 fully saturated rings. The minimum Gasteiger partial charge on any atom is -0.493 e. The summed E-state index contributed by atoms with van der Waals surface area (Å²) in [7, 11) is 1.49. The minimum absolute atomic E-state index is 0.00371. The lowest BCUT2D eigenvalue weighted by atomic mass is 10.1. The van der Waals surface area contributed by atoms with Crippen LogP contribution in [0.5, 0.6) is 11.5 Å². The van der Waals surface area contributed by atoms with E-state index in [0.29, 0.717) is 28.7 Å². The van der Waals surface area contributed by atoms with Gasteiger partial charge >= 0.3 is 0 Å². The van der Waals surface area contributed by atoms with Gasteiger partial charge in [-0.15, -0.1) is 0 Å². The van der Waals surface area contributed by atoms with Crippen LogP contribution in [0.1, 0.15) is 11.1 Å². The molecule has 0 aliphatic heterocycles. The molecule has 0 saturated carbocycles. The first-order valence-electron chi connectivity index (χ1n) is 9.23. The van der Waals surface area contributed by atoms with Gasteiger partial charge in [-0.1, -0.05) is 41.9 Å². The largest absolute Gasteiger partial charge is 0.493 e. The second-order valence-electron chi connectivity index (χ2n) is 6.43. The second-order valence-corrected chi connectivity index (χ2v) is 6.87. The topological polar surface area (TPSA) is 71.3 Å². The SMILES string of the molecule is COc1cc(/C=C(\C#N)C(=O)Nc2ccccc2F)ccc1OCc1cccc(Cl)c1. The Bertz CT molecular complexity index is 1170. The number of benzene rings is 3. The summed E-state index contributed by atoms with van der Waals surface area (Å²) in [4.78, 5) is 12.4. The molecular formula is C24H18ClFN2O3. The lowest BCUT2D eigenvalue weighted by molar-refractivity contribution is -0.112. The number of nitrogens with zero attached hydrogens (tertiary/aromatic N) is 1. The Morgan fingerprint density at radius 3 is 2.65 bits per heavy atom. The number of hydrogen-bond donors (Lipinski definition) is 1. The van der Waals surface area contributed by atoms with Crippen LogP contribution in [0.4, 0.5) is 10.1 Å². The van der Waals surface area contributed by atoms with Crippen LogP contribution in [-0.2, 0) is 11.4 Å². The van der Waals surface area contributed by atoms with Crippen molar-refractivity contribution in [2.75, 3.05) is 12.4 Å². The Hall–Kier alpha value is -3.82. The van der Waals surface area contributed by atoms with Crippen LogP contribution >= 0.6 is 11.6 Å². The molecule has 0 aromatic heterocycles. The maximum absolute atomic E-state index is 13.7. The number of nitrogens with one attached hydrogen (secondary N) is 1. The van der Waals surface area contributed by atoms with Crippen LogP contribution in [0.25, 0.3) is 6.08 Å². The van der Waals surface area contributed by atoms with Crippen LogP contribution in [0.3, 0.4) is 0 Å².